The SMILES string of the molecule is Cc1cc2ncn(-c3ccc(Cl)c(CO)n3)c2cc1C. The average Bonchev–Trinajstić information content (AvgIpc) is 2.83. The van der Waals surface area contributed by atoms with E-state index in [2.05, 4.69) is 35.9 Å². The standard InChI is InChI=1S/C15H14ClN3O/c1-9-5-12-14(6-10(9)2)19(8-17-12)15-4-3-11(16)13(7-20)18-15/h3-6,8,20H,7H2,1-2H3. The summed E-state index contributed by atoms with van der Waals surface area (Å²) in [4.78, 5) is 8.78. The van der Waals surface area contributed by atoms with E-state index < -0.39 is 0 Å². The number of halogens is 1. The van der Waals surface area contributed by atoms with Crippen LogP contribution in [0, 0.1) is 13.8 Å². The van der Waals surface area contributed by atoms with Crippen molar-refractivity contribution in [2.24, 2.45) is 0 Å². The fourth-order valence-corrected chi connectivity index (χ4v) is 2.33. The fourth-order valence-electron chi connectivity index (χ4n) is 2.16. The van der Waals surface area contributed by atoms with Gasteiger partial charge in [-0.15, -0.1) is 0 Å². The third-order valence-corrected chi connectivity index (χ3v) is 3.81. The van der Waals surface area contributed by atoms with Crippen LogP contribution in [0.4, 0.5) is 0 Å². The van der Waals surface area contributed by atoms with Gasteiger partial charge >= 0.3 is 0 Å². The van der Waals surface area contributed by atoms with Crippen molar-refractivity contribution in [1.82, 2.24) is 14.5 Å². The number of fused-ring (bicyclic) bond motifs is 1. The molecule has 4 nitrogen and oxygen atoms in total. The lowest BCUT2D eigenvalue weighted by Gasteiger charge is -2.07. The minimum atomic E-state index is -0.183. The van der Waals surface area contributed by atoms with Crippen LogP contribution >= 0.6 is 11.6 Å². The molecule has 0 amide bonds. The van der Waals surface area contributed by atoms with Crippen molar-refractivity contribution in [2.45, 2.75) is 20.5 Å². The number of hydrogen-bond acceptors (Lipinski definition) is 3. The molecular weight excluding hydrogens is 274 g/mol. The molecule has 1 aromatic carbocycles. The molecule has 0 atom stereocenters. The van der Waals surface area contributed by atoms with Gasteiger partial charge in [0.1, 0.15) is 12.1 Å². The highest BCUT2D eigenvalue weighted by atomic mass is 35.5. The quantitative estimate of drug-likeness (QED) is 0.787. The summed E-state index contributed by atoms with van der Waals surface area (Å²) in [5.41, 5.74) is 4.80. The molecule has 0 aliphatic rings. The molecule has 0 radical (unpaired) electrons. The molecule has 0 spiro atoms. The van der Waals surface area contributed by atoms with E-state index in [1.165, 1.54) is 11.1 Å². The lowest BCUT2D eigenvalue weighted by molar-refractivity contribution is 0.277. The zero-order valence-electron chi connectivity index (χ0n) is 11.3. The Morgan fingerprint density at radius 1 is 1.20 bits per heavy atom. The largest absolute Gasteiger partial charge is 0.390 e. The summed E-state index contributed by atoms with van der Waals surface area (Å²) in [7, 11) is 0. The zero-order valence-corrected chi connectivity index (χ0v) is 12.0. The van der Waals surface area contributed by atoms with Gasteiger partial charge in [-0.1, -0.05) is 11.6 Å². The smallest absolute Gasteiger partial charge is 0.138 e. The first-order valence-corrected chi connectivity index (χ1v) is 6.69. The topological polar surface area (TPSA) is 50.9 Å². The van der Waals surface area contributed by atoms with Crippen LogP contribution in [0.1, 0.15) is 16.8 Å². The van der Waals surface area contributed by atoms with Crippen LogP contribution in [-0.4, -0.2) is 19.6 Å². The second-order valence-corrected chi connectivity index (χ2v) is 5.20. The van der Waals surface area contributed by atoms with Gasteiger partial charge in [0.15, 0.2) is 0 Å². The third kappa shape index (κ3) is 2.07. The first-order valence-electron chi connectivity index (χ1n) is 6.31. The summed E-state index contributed by atoms with van der Waals surface area (Å²) in [6.07, 6.45) is 1.74. The van der Waals surface area contributed by atoms with Gasteiger partial charge in [0.25, 0.3) is 0 Å². The summed E-state index contributed by atoms with van der Waals surface area (Å²) in [5, 5.41) is 9.73. The van der Waals surface area contributed by atoms with Crippen LogP contribution in [0.5, 0.6) is 0 Å². The summed E-state index contributed by atoms with van der Waals surface area (Å²) in [6, 6.07) is 7.71. The van der Waals surface area contributed by atoms with E-state index in [9.17, 15) is 5.11 Å². The van der Waals surface area contributed by atoms with E-state index in [1.807, 2.05) is 10.6 Å². The average molecular weight is 288 g/mol. The molecule has 0 aliphatic heterocycles. The van der Waals surface area contributed by atoms with Crippen molar-refractivity contribution < 1.29 is 5.11 Å². The monoisotopic (exact) mass is 287 g/mol. The molecule has 0 bridgehead atoms. The zero-order chi connectivity index (χ0) is 14.3. The lowest BCUT2D eigenvalue weighted by Crippen LogP contribution is -2.00. The van der Waals surface area contributed by atoms with E-state index in [4.69, 9.17) is 11.6 Å². The number of pyridine rings is 1. The van der Waals surface area contributed by atoms with Crippen molar-refractivity contribution in [2.75, 3.05) is 0 Å². The molecule has 0 unspecified atom stereocenters. The predicted octanol–water partition coefficient (Wildman–Crippen LogP) is 3.18. The number of imidazole rings is 1. The van der Waals surface area contributed by atoms with Crippen molar-refractivity contribution in [1.29, 1.82) is 0 Å². The molecule has 2 heterocycles. The van der Waals surface area contributed by atoms with Gasteiger partial charge < -0.3 is 5.11 Å². The molecule has 0 aliphatic carbocycles. The second-order valence-electron chi connectivity index (χ2n) is 4.80. The number of nitrogens with zero attached hydrogens (tertiary/aromatic N) is 3. The highest BCUT2D eigenvalue weighted by Crippen LogP contribution is 2.22. The molecule has 102 valence electrons. The highest BCUT2D eigenvalue weighted by molar-refractivity contribution is 6.31. The molecule has 5 heteroatoms. The molecule has 2 aromatic heterocycles. The van der Waals surface area contributed by atoms with Crippen LogP contribution in [0.15, 0.2) is 30.6 Å². The highest BCUT2D eigenvalue weighted by Gasteiger charge is 2.09. The number of rotatable bonds is 2. The van der Waals surface area contributed by atoms with Crippen LogP contribution in [0.2, 0.25) is 5.02 Å². The van der Waals surface area contributed by atoms with Gasteiger partial charge in [-0.2, -0.15) is 0 Å². The lowest BCUT2D eigenvalue weighted by atomic mass is 10.1. The Balaban J connectivity index is 2.22. The Bertz CT molecular complexity index is 795. The number of aromatic nitrogens is 3. The van der Waals surface area contributed by atoms with Crippen molar-refractivity contribution in [3.63, 3.8) is 0 Å². The molecule has 3 aromatic rings. The maximum Gasteiger partial charge on any atom is 0.138 e. The summed E-state index contributed by atoms with van der Waals surface area (Å²) in [5.74, 6) is 0.698. The maximum absolute atomic E-state index is 9.26. The Labute approximate surface area is 121 Å². The predicted molar refractivity (Wildman–Crippen MR) is 79.3 cm³/mol. The van der Waals surface area contributed by atoms with Gasteiger partial charge in [0.05, 0.1) is 28.4 Å². The number of aryl methyl sites for hydroxylation is 2. The Morgan fingerprint density at radius 2 is 1.95 bits per heavy atom. The minimum absolute atomic E-state index is 0.183. The molecule has 1 N–H and O–H groups in total. The van der Waals surface area contributed by atoms with Gasteiger partial charge in [-0.05, 0) is 49.2 Å². The van der Waals surface area contributed by atoms with Crippen LogP contribution < -0.4 is 0 Å². The van der Waals surface area contributed by atoms with Gasteiger partial charge in [-0.25, -0.2) is 9.97 Å². The van der Waals surface area contributed by atoms with E-state index in [0.29, 0.717) is 16.5 Å². The number of aliphatic hydroxyl groups is 1. The Kier molecular flexibility index (Phi) is 3.20. The van der Waals surface area contributed by atoms with Gasteiger partial charge in [-0.3, -0.25) is 4.57 Å². The maximum atomic E-state index is 9.26. The Hall–Kier alpha value is -1.91. The molecule has 0 saturated heterocycles. The van der Waals surface area contributed by atoms with Crippen molar-refractivity contribution in [3.05, 3.63) is 52.4 Å². The fraction of sp³-hybridized carbons (Fsp3) is 0.200. The first-order chi connectivity index (χ1) is 9.60. The van der Waals surface area contributed by atoms with Crippen LogP contribution in [-0.2, 0) is 6.61 Å². The molecular formula is C15H14ClN3O. The van der Waals surface area contributed by atoms with E-state index in [-0.39, 0.29) is 6.61 Å². The second kappa shape index (κ2) is 4.89. The van der Waals surface area contributed by atoms with Crippen LogP contribution in [0.3, 0.4) is 0 Å². The first kappa shape index (κ1) is 13.1. The number of aliphatic hydroxyl groups excluding tert-OH is 1. The summed E-state index contributed by atoms with van der Waals surface area (Å²) >= 11 is 5.97. The summed E-state index contributed by atoms with van der Waals surface area (Å²) < 4.78 is 1.90. The molecule has 3 rings (SSSR count). The number of hydrogen-bond donors (Lipinski definition) is 1. The molecule has 0 fully saturated rings. The number of benzene rings is 1. The van der Waals surface area contributed by atoms with E-state index in [0.717, 1.165) is 11.0 Å². The van der Waals surface area contributed by atoms with Gasteiger partial charge in [0.2, 0.25) is 0 Å². The molecule has 0 saturated carbocycles. The van der Waals surface area contributed by atoms with E-state index in [1.54, 1.807) is 12.4 Å². The summed E-state index contributed by atoms with van der Waals surface area (Å²) in [6.45, 7) is 3.95. The van der Waals surface area contributed by atoms with Crippen molar-refractivity contribution >= 4 is 22.6 Å². The van der Waals surface area contributed by atoms with Crippen LogP contribution in [0.25, 0.3) is 16.9 Å². The third-order valence-electron chi connectivity index (χ3n) is 3.46. The normalized spacial score (nSPS) is 11.2. The minimum Gasteiger partial charge on any atom is -0.390 e. The molecule has 20 heavy (non-hydrogen) atoms. The van der Waals surface area contributed by atoms with E-state index >= 15 is 0 Å². The van der Waals surface area contributed by atoms with Crippen molar-refractivity contribution in [3.8, 4) is 5.82 Å². The Morgan fingerprint density at radius 3 is 2.70 bits per heavy atom. The van der Waals surface area contributed by atoms with Gasteiger partial charge in [0, 0.05) is 0 Å².